The van der Waals surface area contributed by atoms with Crippen molar-refractivity contribution in [3.8, 4) is 0 Å². The minimum Gasteiger partial charge on any atom is -0.130 e. The molecular formula is C10H18. The van der Waals surface area contributed by atoms with Crippen LogP contribution in [0.1, 0.15) is 46.0 Å². The zero-order chi connectivity index (χ0) is 7.66. The van der Waals surface area contributed by atoms with Crippen molar-refractivity contribution in [3.05, 3.63) is 17.9 Å². The van der Waals surface area contributed by atoms with Gasteiger partial charge in [-0.1, -0.05) is 26.7 Å². The van der Waals surface area contributed by atoms with E-state index < -0.39 is 0 Å². The van der Waals surface area contributed by atoms with Crippen molar-refractivity contribution < 1.29 is 0 Å². The quantitative estimate of drug-likeness (QED) is 0.401. The van der Waals surface area contributed by atoms with Gasteiger partial charge in [-0.3, -0.25) is 0 Å². The molecule has 0 bridgehead atoms. The van der Waals surface area contributed by atoms with Gasteiger partial charge in [0.05, 0.1) is 0 Å². The third kappa shape index (κ3) is 7.52. The number of rotatable bonds is 5. The first kappa shape index (κ1) is 9.52. The van der Waals surface area contributed by atoms with Crippen molar-refractivity contribution in [2.75, 3.05) is 0 Å². The first-order valence-electron chi connectivity index (χ1n) is 4.31. The molecule has 0 spiro atoms. The molecule has 0 N–H and O–H groups in total. The van der Waals surface area contributed by atoms with Crippen LogP contribution in [0.3, 0.4) is 0 Å². The molecule has 0 aromatic carbocycles. The molecule has 0 atom stereocenters. The summed E-state index contributed by atoms with van der Waals surface area (Å²) in [6, 6.07) is 0. The molecule has 0 saturated heterocycles. The average molecular weight is 138 g/mol. The Morgan fingerprint density at radius 1 is 1.10 bits per heavy atom. The van der Waals surface area contributed by atoms with E-state index in [-0.39, 0.29) is 0 Å². The van der Waals surface area contributed by atoms with Crippen LogP contribution in [-0.2, 0) is 0 Å². The number of hydrogen-bond acceptors (Lipinski definition) is 0. The van der Waals surface area contributed by atoms with E-state index in [0.29, 0.717) is 0 Å². The second-order valence-electron chi connectivity index (χ2n) is 2.48. The van der Waals surface area contributed by atoms with Crippen LogP contribution in [0.2, 0.25) is 0 Å². The molecular weight excluding hydrogens is 120 g/mol. The highest BCUT2D eigenvalue weighted by Crippen LogP contribution is 1.98. The monoisotopic (exact) mass is 138 g/mol. The number of hydrogen-bond donors (Lipinski definition) is 0. The maximum atomic E-state index is 3.14. The Kier molecular flexibility index (Phi) is 8.11. The second-order valence-corrected chi connectivity index (χ2v) is 2.48. The maximum Gasteiger partial charge on any atom is -0.0274 e. The molecule has 0 radical (unpaired) electrons. The van der Waals surface area contributed by atoms with Crippen LogP contribution in [0.15, 0.2) is 17.9 Å². The molecule has 0 fully saturated rings. The minimum absolute atomic E-state index is 1.10. The predicted octanol–water partition coefficient (Wildman–Crippen LogP) is 3.69. The summed E-state index contributed by atoms with van der Waals surface area (Å²) < 4.78 is 0. The van der Waals surface area contributed by atoms with Gasteiger partial charge in [0.25, 0.3) is 0 Å². The summed E-state index contributed by atoms with van der Waals surface area (Å²) in [5.41, 5.74) is 3.14. The zero-order valence-corrected chi connectivity index (χ0v) is 7.19. The predicted molar refractivity (Wildman–Crippen MR) is 47.1 cm³/mol. The maximum absolute atomic E-state index is 3.14. The van der Waals surface area contributed by atoms with Crippen LogP contribution < -0.4 is 0 Å². The topological polar surface area (TPSA) is 0 Å². The molecule has 0 aliphatic heterocycles. The van der Waals surface area contributed by atoms with Crippen molar-refractivity contribution in [2.45, 2.75) is 46.0 Å². The first-order chi connectivity index (χ1) is 4.91. The molecule has 0 aromatic rings. The third-order valence-electron chi connectivity index (χ3n) is 1.39. The highest BCUT2D eigenvalue weighted by Gasteiger charge is 1.78. The average Bonchev–Trinajstić information content (AvgIpc) is 1.97. The Balaban J connectivity index is 3.10. The molecule has 0 unspecified atom stereocenters. The fraction of sp³-hybridized carbons (Fsp3) is 0.700. The molecule has 58 valence electrons. The van der Waals surface area contributed by atoms with Crippen LogP contribution in [0.25, 0.3) is 0 Å². The van der Waals surface area contributed by atoms with Crippen molar-refractivity contribution in [1.82, 2.24) is 0 Å². The Bertz CT molecular complexity index is 105. The van der Waals surface area contributed by atoms with E-state index in [1.54, 1.807) is 0 Å². The van der Waals surface area contributed by atoms with E-state index in [9.17, 15) is 0 Å². The summed E-state index contributed by atoms with van der Waals surface area (Å²) in [5.74, 6) is 0. The Morgan fingerprint density at radius 3 is 2.50 bits per heavy atom. The lowest BCUT2D eigenvalue weighted by Crippen LogP contribution is -1.68. The smallest absolute Gasteiger partial charge is 0.0274 e. The van der Waals surface area contributed by atoms with Crippen LogP contribution in [0.4, 0.5) is 0 Å². The van der Waals surface area contributed by atoms with Gasteiger partial charge in [-0.05, 0) is 31.4 Å². The van der Waals surface area contributed by atoms with Crippen molar-refractivity contribution in [3.63, 3.8) is 0 Å². The van der Waals surface area contributed by atoms with E-state index in [1.807, 2.05) is 0 Å². The summed E-state index contributed by atoms with van der Waals surface area (Å²) in [4.78, 5) is 0. The van der Waals surface area contributed by atoms with E-state index in [4.69, 9.17) is 0 Å². The number of allylic oxidation sites excluding steroid dienone is 1. The lowest BCUT2D eigenvalue weighted by atomic mass is 10.2. The zero-order valence-electron chi connectivity index (χ0n) is 7.19. The SMILES string of the molecule is CCC=C=CCCCCC. The molecule has 10 heavy (non-hydrogen) atoms. The highest BCUT2D eigenvalue weighted by atomic mass is 13.8. The summed E-state index contributed by atoms with van der Waals surface area (Å²) in [5, 5.41) is 0. The Morgan fingerprint density at radius 2 is 1.90 bits per heavy atom. The summed E-state index contributed by atoms with van der Waals surface area (Å²) >= 11 is 0. The van der Waals surface area contributed by atoms with Crippen molar-refractivity contribution in [1.29, 1.82) is 0 Å². The first-order valence-corrected chi connectivity index (χ1v) is 4.31. The molecule has 0 aliphatic carbocycles. The Hall–Kier alpha value is -0.480. The van der Waals surface area contributed by atoms with Gasteiger partial charge >= 0.3 is 0 Å². The summed E-state index contributed by atoms with van der Waals surface area (Å²) in [7, 11) is 0. The molecule has 0 rings (SSSR count). The van der Waals surface area contributed by atoms with E-state index in [1.165, 1.54) is 25.7 Å². The van der Waals surface area contributed by atoms with Gasteiger partial charge in [0.15, 0.2) is 0 Å². The molecule has 0 nitrogen and oxygen atoms in total. The van der Waals surface area contributed by atoms with Crippen LogP contribution in [0, 0.1) is 0 Å². The summed E-state index contributed by atoms with van der Waals surface area (Å²) in [6.07, 6.45) is 10.5. The van der Waals surface area contributed by atoms with Crippen LogP contribution >= 0.6 is 0 Å². The van der Waals surface area contributed by atoms with Gasteiger partial charge in [0.1, 0.15) is 0 Å². The lowest BCUT2D eigenvalue weighted by molar-refractivity contribution is 0.729. The molecule has 0 heteroatoms. The molecule has 0 aliphatic rings. The molecule has 0 amide bonds. The fourth-order valence-corrected chi connectivity index (χ4v) is 0.781. The Labute approximate surface area is 64.6 Å². The highest BCUT2D eigenvalue weighted by molar-refractivity contribution is 4.83. The lowest BCUT2D eigenvalue weighted by Gasteiger charge is -1.88. The van der Waals surface area contributed by atoms with Gasteiger partial charge in [0, 0.05) is 0 Å². The van der Waals surface area contributed by atoms with E-state index >= 15 is 0 Å². The van der Waals surface area contributed by atoms with Gasteiger partial charge in [-0.15, -0.1) is 5.73 Å². The van der Waals surface area contributed by atoms with E-state index in [0.717, 1.165) is 6.42 Å². The normalized spacial score (nSPS) is 8.60. The molecule has 0 saturated carbocycles. The van der Waals surface area contributed by atoms with Crippen molar-refractivity contribution >= 4 is 0 Å². The van der Waals surface area contributed by atoms with Gasteiger partial charge in [0.2, 0.25) is 0 Å². The largest absolute Gasteiger partial charge is 0.130 e. The van der Waals surface area contributed by atoms with Gasteiger partial charge in [-0.25, -0.2) is 0 Å². The fourth-order valence-electron chi connectivity index (χ4n) is 0.781. The minimum atomic E-state index is 1.10. The summed E-state index contributed by atoms with van der Waals surface area (Å²) in [6.45, 7) is 4.36. The van der Waals surface area contributed by atoms with Crippen molar-refractivity contribution in [2.24, 2.45) is 0 Å². The molecule has 0 heterocycles. The molecule has 0 aromatic heterocycles. The number of unbranched alkanes of at least 4 members (excludes halogenated alkanes) is 3. The third-order valence-corrected chi connectivity index (χ3v) is 1.39. The van der Waals surface area contributed by atoms with Gasteiger partial charge < -0.3 is 0 Å². The second kappa shape index (κ2) is 8.52. The van der Waals surface area contributed by atoms with Gasteiger partial charge in [-0.2, -0.15) is 0 Å². The van der Waals surface area contributed by atoms with Crippen LogP contribution in [-0.4, -0.2) is 0 Å². The van der Waals surface area contributed by atoms with E-state index in [2.05, 4.69) is 31.7 Å². The standard InChI is InChI=1S/C10H18/c1-3-5-7-9-10-8-6-4-2/h5,9H,3-4,6,8,10H2,1-2H3. The van der Waals surface area contributed by atoms with Crippen LogP contribution in [0.5, 0.6) is 0 Å².